The zero-order valence-electron chi connectivity index (χ0n) is 13.8. The molecule has 114 valence electrons. The van der Waals surface area contributed by atoms with Gasteiger partial charge >= 0.3 is 0 Å². The van der Waals surface area contributed by atoms with Gasteiger partial charge in [-0.15, -0.1) is 0 Å². The van der Waals surface area contributed by atoms with Gasteiger partial charge in [0.2, 0.25) is 0 Å². The Morgan fingerprint density at radius 3 is 2.53 bits per heavy atom. The molecule has 1 saturated carbocycles. The molecule has 0 aromatic heterocycles. The summed E-state index contributed by atoms with van der Waals surface area (Å²) in [5, 5.41) is 3.67. The molecule has 0 spiro atoms. The standard InChI is InChI=1S/C16H35N3/c1-6-17-16-10-8-9-15(16)11-12-19(7-2)14(3)13-18(4)5/h14-17H,6-13H2,1-5H3. The molecule has 3 nitrogen and oxygen atoms in total. The van der Waals surface area contributed by atoms with E-state index in [1.54, 1.807) is 0 Å². The van der Waals surface area contributed by atoms with Crippen LogP contribution in [0.25, 0.3) is 0 Å². The van der Waals surface area contributed by atoms with Gasteiger partial charge in [-0.05, 0) is 65.8 Å². The zero-order valence-corrected chi connectivity index (χ0v) is 13.8. The fourth-order valence-electron chi connectivity index (χ4n) is 3.58. The van der Waals surface area contributed by atoms with Crippen LogP contribution in [0.4, 0.5) is 0 Å². The summed E-state index contributed by atoms with van der Waals surface area (Å²) in [6.07, 6.45) is 5.60. The van der Waals surface area contributed by atoms with Crippen LogP contribution in [0, 0.1) is 5.92 Å². The molecule has 0 heterocycles. The summed E-state index contributed by atoms with van der Waals surface area (Å²) in [6, 6.07) is 1.45. The normalized spacial score (nSPS) is 25.4. The van der Waals surface area contributed by atoms with E-state index in [1.807, 2.05) is 0 Å². The second kappa shape index (κ2) is 8.93. The Balaban J connectivity index is 2.35. The summed E-state index contributed by atoms with van der Waals surface area (Å²) in [4.78, 5) is 4.94. The maximum absolute atomic E-state index is 3.67. The number of hydrogen-bond acceptors (Lipinski definition) is 3. The third-order valence-electron chi connectivity index (χ3n) is 4.57. The van der Waals surface area contributed by atoms with Crippen LogP contribution in [-0.2, 0) is 0 Å². The van der Waals surface area contributed by atoms with Crippen LogP contribution in [0.5, 0.6) is 0 Å². The van der Waals surface area contributed by atoms with Gasteiger partial charge in [0.05, 0.1) is 0 Å². The predicted molar refractivity (Wildman–Crippen MR) is 84.7 cm³/mol. The predicted octanol–water partition coefficient (Wildman–Crippen LogP) is 2.43. The van der Waals surface area contributed by atoms with Crippen molar-refractivity contribution in [2.75, 3.05) is 40.3 Å². The molecule has 3 unspecified atom stereocenters. The average Bonchev–Trinajstić information content (AvgIpc) is 2.77. The van der Waals surface area contributed by atoms with Crippen molar-refractivity contribution in [3.63, 3.8) is 0 Å². The lowest BCUT2D eigenvalue weighted by Crippen LogP contribution is -2.42. The Hall–Kier alpha value is -0.120. The van der Waals surface area contributed by atoms with Crippen molar-refractivity contribution in [3.8, 4) is 0 Å². The number of nitrogens with one attached hydrogen (secondary N) is 1. The lowest BCUT2D eigenvalue weighted by atomic mass is 9.99. The van der Waals surface area contributed by atoms with E-state index < -0.39 is 0 Å². The van der Waals surface area contributed by atoms with Crippen molar-refractivity contribution in [1.82, 2.24) is 15.1 Å². The zero-order chi connectivity index (χ0) is 14.3. The molecular weight excluding hydrogens is 234 g/mol. The highest BCUT2D eigenvalue weighted by Crippen LogP contribution is 2.28. The van der Waals surface area contributed by atoms with Crippen LogP contribution >= 0.6 is 0 Å². The summed E-state index contributed by atoms with van der Waals surface area (Å²) in [5.74, 6) is 0.903. The van der Waals surface area contributed by atoms with Gasteiger partial charge < -0.3 is 10.2 Å². The van der Waals surface area contributed by atoms with Gasteiger partial charge in [-0.1, -0.05) is 20.3 Å². The van der Waals surface area contributed by atoms with E-state index in [9.17, 15) is 0 Å². The molecule has 0 aromatic rings. The van der Waals surface area contributed by atoms with Crippen LogP contribution in [0.1, 0.15) is 46.5 Å². The number of rotatable bonds is 9. The smallest absolute Gasteiger partial charge is 0.0194 e. The van der Waals surface area contributed by atoms with E-state index in [-0.39, 0.29) is 0 Å². The third-order valence-corrected chi connectivity index (χ3v) is 4.57. The van der Waals surface area contributed by atoms with Crippen molar-refractivity contribution in [2.24, 2.45) is 5.92 Å². The molecule has 0 radical (unpaired) electrons. The van der Waals surface area contributed by atoms with E-state index in [1.165, 1.54) is 38.8 Å². The van der Waals surface area contributed by atoms with Crippen molar-refractivity contribution in [2.45, 2.75) is 58.5 Å². The van der Waals surface area contributed by atoms with Gasteiger partial charge in [0.1, 0.15) is 0 Å². The molecule has 0 aromatic carbocycles. The first-order valence-corrected chi connectivity index (χ1v) is 8.20. The second-order valence-electron chi connectivity index (χ2n) is 6.38. The highest BCUT2D eigenvalue weighted by atomic mass is 15.2. The SMILES string of the molecule is CCNC1CCCC1CCN(CC)C(C)CN(C)C. The molecule has 1 aliphatic carbocycles. The Morgan fingerprint density at radius 1 is 1.21 bits per heavy atom. The monoisotopic (exact) mass is 269 g/mol. The maximum atomic E-state index is 3.67. The van der Waals surface area contributed by atoms with Crippen molar-refractivity contribution in [1.29, 1.82) is 0 Å². The molecule has 3 atom stereocenters. The van der Waals surface area contributed by atoms with Gasteiger partial charge in [0.15, 0.2) is 0 Å². The van der Waals surface area contributed by atoms with E-state index in [0.717, 1.165) is 25.0 Å². The summed E-state index contributed by atoms with van der Waals surface area (Å²) in [6.45, 7) is 11.6. The molecule has 3 heteroatoms. The molecule has 1 rings (SSSR count). The molecule has 1 aliphatic rings. The number of hydrogen-bond donors (Lipinski definition) is 1. The first-order chi connectivity index (χ1) is 9.08. The lowest BCUT2D eigenvalue weighted by molar-refractivity contribution is 0.167. The Labute approximate surface area is 120 Å². The molecule has 0 bridgehead atoms. The maximum Gasteiger partial charge on any atom is 0.0194 e. The van der Waals surface area contributed by atoms with E-state index >= 15 is 0 Å². The molecule has 19 heavy (non-hydrogen) atoms. The first-order valence-electron chi connectivity index (χ1n) is 8.20. The van der Waals surface area contributed by atoms with Crippen LogP contribution < -0.4 is 5.32 Å². The van der Waals surface area contributed by atoms with Crippen molar-refractivity contribution >= 4 is 0 Å². The van der Waals surface area contributed by atoms with E-state index in [2.05, 4.69) is 50.0 Å². The van der Waals surface area contributed by atoms with Gasteiger partial charge in [-0.3, -0.25) is 4.90 Å². The van der Waals surface area contributed by atoms with Gasteiger partial charge in [-0.25, -0.2) is 0 Å². The minimum atomic E-state index is 0.666. The number of likely N-dealkylation sites (N-methyl/N-ethyl adjacent to an activating group) is 2. The topological polar surface area (TPSA) is 18.5 Å². The van der Waals surface area contributed by atoms with Gasteiger partial charge in [-0.2, -0.15) is 0 Å². The third kappa shape index (κ3) is 5.80. The quantitative estimate of drug-likeness (QED) is 0.693. The molecule has 1 fully saturated rings. The van der Waals surface area contributed by atoms with Crippen LogP contribution in [0.15, 0.2) is 0 Å². The number of nitrogens with zero attached hydrogens (tertiary/aromatic N) is 2. The van der Waals surface area contributed by atoms with E-state index in [4.69, 9.17) is 0 Å². The fourth-order valence-corrected chi connectivity index (χ4v) is 3.58. The Kier molecular flexibility index (Phi) is 7.96. The summed E-state index contributed by atoms with van der Waals surface area (Å²) < 4.78 is 0. The second-order valence-corrected chi connectivity index (χ2v) is 6.38. The fraction of sp³-hybridized carbons (Fsp3) is 1.00. The Bertz CT molecular complexity index is 230. The first kappa shape index (κ1) is 16.9. The molecule has 0 aliphatic heterocycles. The Morgan fingerprint density at radius 2 is 1.95 bits per heavy atom. The molecule has 0 amide bonds. The minimum Gasteiger partial charge on any atom is -0.314 e. The summed E-state index contributed by atoms with van der Waals surface area (Å²) in [5.41, 5.74) is 0. The van der Waals surface area contributed by atoms with Gasteiger partial charge in [0, 0.05) is 18.6 Å². The van der Waals surface area contributed by atoms with Crippen LogP contribution in [0.2, 0.25) is 0 Å². The highest BCUT2D eigenvalue weighted by Gasteiger charge is 2.26. The summed E-state index contributed by atoms with van der Waals surface area (Å²) in [7, 11) is 4.34. The minimum absolute atomic E-state index is 0.666. The molecular formula is C16H35N3. The largest absolute Gasteiger partial charge is 0.314 e. The van der Waals surface area contributed by atoms with Crippen molar-refractivity contribution < 1.29 is 0 Å². The average molecular weight is 269 g/mol. The van der Waals surface area contributed by atoms with E-state index in [0.29, 0.717) is 6.04 Å². The summed E-state index contributed by atoms with van der Waals surface area (Å²) >= 11 is 0. The highest BCUT2D eigenvalue weighted by molar-refractivity contribution is 4.84. The molecule has 1 N–H and O–H groups in total. The van der Waals surface area contributed by atoms with Gasteiger partial charge in [0.25, 0.3) is 0 Å². The lowest BCUT2D eigenvalue weighted by Gasteiger charge is -2.31. The van der Waals surface area contributed by atoms with Crippen LogP contribution in [-0.4, -0.2) is 62.2 Å². The van der Waals surface area contributed by atoms with Crippen molar-refractivity contribution in [3.05, 3.63) is 0 Å². The van der Waals surface area contributed by atoms with Crippen LogP contribution in [0.3, 0.4) is 0 Å². The molecule has 0 saturated heterocycles.